The van der Waals surface area contributed by atoms with Gasteiger partial charge in [0, 0.05) is 12.5 Å². The molecule has 2 unspecified atom stereocenters. The highest BCUT2D eigenvalue weighted by Gasteiger charge is 2.28. The predicted octanol–water partition coefficient (Wildman–Crippen LogP) is 2.18. The van der Waals surface area contributed by atoms with E-state index in [2.05, 4.69) is 5.32 Å². The van der Waals surface area contributed by atoms with Crippen molar-refractivity contribution < 1.29 is 14.7 Å². The molecule has 1 rings (SSSR count). The summed E-state index contributed by atoms with van der Waals surface area (Å²) in [6.07, 6.45) is 3.59. The SMILES string of the molecule is CC(C)(C)CC(=O)NC1CCCC(C(=O)O)C1. The average Bonchev–Trinajstić information content (AvgIpc) is 2.14. The highest BCUT2D eigenvalue weighted by molar-refractivity contribution is 5.77. The summed E-state index contributed by atoms with van der Waals surface area (Å²) in [5.41, 5.74) is -0.0229. The van der Waals surface area contributed by atoms with Gasteiger partial charge in [0.05, 0.1) is 5.92 Å². The molecule has 0 heterocycles. The van der Waals surface area contributed by atoms with Crippen LogP contribution in [0.5, 0.6) is 0 Å². The highest BCUT2D eigenvalue weighted by Crippen LogP contribution is 2.25. The van der Waals surface area contributed by atoms with Crippen LogP contribution in [0.15, 0.2) is 0 Å². The van der Waals surface area contributed by atoms with Gasteiger partial charge in [-0.3, -0.25) is 9.59 Å². The lowest BCUT2D eigenvalue weighted by atomic mass is 9.85. The molecule has 1 aliphatic carbocycles. The molecule has 4 nitrogen and oxygen atoms in total. The lowest BCUT2D eigenvalue weighted by Gasteiger charge is -2.28. The fourth-order valence-electron chi connectivity index (χ4n) is 2.31. The van der Waals surface area contributed by atoms with Crippen LogP contribution in [0.2, 0.25) is 0 Å². The summed E-state index contributed by atoms with van der Waals surface area (Å²) in [5, 5.41) is 11.9. The molecule has 17 heavy (non-hydrogen) atoms. The number of aliphatic carboxylic acids is 1. The van der Waals surface area contributed by atoms with Crippen LogP contribution in [0.3, 0.4) is 0 Å². The molecule has 0 aromatic heterocycles. The predicted molar refractivity (Wildman–Crippen MR) is 65.6 cm³/mol. The second kappa shape index (κ2) is 5.52. The topological polar surface area (TPSA) is 66.4 Å². The van der Waals surface area contributed by atoms with Crippen LogP contribution >= 0.6 is 0 Å². The summed E-state index contributed by atoms with van der Waals surface area (Å²) >= 11 is 0. The lowest BCUT2D eigenvalue weighted by molar-refractivity contribution is -0.143. The summed E-state index contributed by atoms with van der Waals surface area (Å²) in [5.74, 6) is -0.989. The average molecular weight is 241 g/mol. The van der Waals surface area contributed by atoms with E-state index in [1.54, 1.807) is 0 Å². The molecule has 2 N–H and O–H groups in total. The third-order valence-corrected chi connectivity index (χ3v) is 3.08. The maximum atomic E-state index is 11.7. The zero-order valence-electron chi connectivity index (χ0n) is 11.0. The largest absolute Gasteiger partial charge is 0.481 e. The summed E-state index contributed by atoms with van der Waals surface area (Å²) in [6, 6.07) is 0.0414. The summed E-state index contributed by atoms with van der Waals surface area (Å²) < 4.78 is 0. The van der Waals surface area contributed by atoms with E-state index in [0.717, 1.165) is 19.3 Å². The Morgan fingerprint density at radius 1 is 1.29 bits per heavy atom. The molecule has 98 valence electrons. The Balaban J connectivity index is 2.41. The van der Waals surface area contributed by atoms with Crippen LogP contribution in [-0.4, -0.2) is 23.0 Å². The van der Waals surface area contributed by atoms with Gasteiger partial charge in [-0.05, 0) is 24.7 Å². The standard InChI is InChI=1S/C13H23NO3/c1-13(2,3)8-11(15)14-10-6-4-5-9(7-10)12(16)17/h9-10H,4-8H2,1-3H3,(H,14,15)(H,16,17). The molecule has 0 aromatic carbocycles. The van der Waals surface area contributed by atoms with Crippen LogP contribution in [0.1, 0.15) is 52.9 Å². The van der Waals surface area contributed by atoms with Crippen molar-refractivity contribution in [3.63, 3.8) is 0 Å². The van der Waals surface area contributed by atoms with Crippen LogP contribution in [0.4, 0.5) is 0 Å². The normalized spacial score (nSPS) is 25.4. The van der Waals surface area contributed by atoms with E-state index < -0.39 is 5.97 Å². The van der Waals surface area contributed by atoms with Gasteiger partial charge in [0.25, 0.3) is 0 Å². The number of carboxylic acids is 1. The maximum absolute atomic E-state index is 11.7. The van der Waals surface area contributed by atoms with Crippen molar-refractivity contribution in [2.75, 3.05) is 0 Å². The minimum atomic E-state index is -0.736. The Morgan fingerprint density at radius 3 is 2.47 bits per heavy atom. The molecule has 0 bridgehead atoms. The molecule has 1 saturated carbocycles. The van der Waals surface area contributed by atoms with Crippen LogP contribution in [0, 0.1) is 11.3 Å². The van der Waals surface area contributed by atoms with Crippen molar-refractivity contribution in [3.05, 3.63) is 0 Å². The van der Waals surface area contributed by atoms with Gasteiger partial charge in [-0.15, -0.1) is 0 Å². The molecule has 2 atom stereocenters. The molecule has 0 spiro atoms. The Labute approximate surface area is 103 Å². The van der Waals surface area contributed by atoms with Crippen molar-refractivity contribution in [1.29, 1.82) is 0 Å². The van der Waals surface area contributed by atoms with Crippen LogP contribution in [-0.2, 0) is 9.59 Å². The van der Waals surface area contributed by atoms with Gasteiger partial charge in [0.2, 0.25) is 5.91 Å². The first-order chi connectivity index (χ1) is 7.78. The van der Waals surface area contributed by atoms with Crippen molar-refractivity contribution in [2.24, 2.45) is 11.3 Å². The molecular formula is C13H23NO3. The number of carboxylic acid groups (broad SMARTS) is 1. The van der Waals surface area contributed by atoms with Gasteiger partial charge in [-0.2, -0.15) is 0 Å². The summed E-state index contributed by atoms with van der Waals surface area (Å²) in [6.45, 7) is 6.06. The number of nitrogens with one attached hydrogen (secondary N) is 1. The second-order valence-corrected chi connectivity index (χ2v) is 6.20. The number of carbonyl (C=O) groups is 2. The zero-order chi connectivity index (χ0) is 13.1. The summed E-state index contributed by atoms with van der Waals surface area (Å²) in [4.78, 5) is 22.6. The quantitative estimate of drug-likeness (QED) is 0.796. The Bertz CT molecular complexity index is 294. The second-order valence-electron chi connectivity index (χ2n) is 6.20. The smallest absolute Gasteiger partial charge is 0.306 e. The van der Waals surface area contributed by atoms with E-state index in [-0.39, 0.29) is 23.3 Å². The number of amides is 1. The first kappa shape index (κ1) is 14.0. The third kappa shape index (κ3) is 5.20. The maximum Gasteiger partial charge on any atom is 0.306 e. The molecule has 0 radical (unpaired) electrons. The lowest BCUT2D eigenvalue weighted by Crippen LogP contribution is -2.41. The van der Waals surface area contributed by atoms with Gasteiger partial charge in [0.15, 0.2) is 0 Å². The number of rotatable bonds is 3. The molecule has 0 aromatic rings. The van der Waals surface area contributed by atoms with E-state index in [1.165, 1.54) is 0 Å². The molecule has 1 amide bonds. The Hall–Kier alpha value is -1.06. The summed E-state index contributed by atoms with van der Waals surface area (Å²) in [7, 11) is 0. The van der Waals surface area contributed by atoms with Crippen molar-refractivity contribution in [1.82, 2.24) is 5.32 Å². The van der Waals surface area contributed by atoms with Gasteiger partial charge < -0.3 is 10.4 Å². The van der Waals surface area contributed by atoms with Crippen molar-refractivity contribution >= 4 is 11.9 Å². The number of carbonyl (C=O) groups excluding carboxylic acids is 1. The molecule has 0 aliphatic heterocycles. The Morgan fingerprint density at radius 2 is 1.94 bits per heavy atom. The fraction of sp³-hybridized carbons (Fsp3) is 0.846. The minimum Gasteiger partial charge on any atom is -0.481 e. The molecule has 4 heteroatoms. The minimum absolute atomic E-state index is 0.0229. The highest BCUT2D eigenvalue weighted by atomic mass is 16.4. The van der Waals surface area contributed by atoms with Crippen LogP contribution < -0.4 is 5.32 Å². The van der Waals surface area contributed by atoms with Crippen molar-refractivity contribution in [3.8, 4) is 0 Å². The first-order valence-corrected chi connectivity index (χ1v) is 6.30. The van der Waals surface area contributed by atoms with Gasteiger partial charge >= 0.3 is 5.97 Å². The van der Waals surface area contributed by atoms with E-state index >= 15 is 0 Å². The van der Waals surface area contributed by atoms with E-state index in [4.69, 9.17) is 5.11 Å². The van der Waals surface area contributed by atoms with Gasteiger partial charge in [0.1, 0.15) is 0 Å². The number of hydrogen-bond acceptors (Lipinski definition) is 2. The molecular weight excluding hydrogens is 218 g/mol. The van der Waals surface area contributed by atoms with E-state index in [0.29, 0.717) is 12.8 Å². The fourth-order valence-corrected chi connectivity index (χ4v) is 2.31. The van der Waals surface area contributed by atoms with Gasteiger partial charge in [-0.1, -0.05) is 27.2 Å². The van der Waals surface area contributed by atoms with Crippen LogP contribution in [0.25, 0.3) is 0 Å². The first-order valence-electron chi connectivity index (χ1n) is 6.30. The molecule has 1 fully saturated rings. The van der Waals surface area contributed by atoms with E-state index in [9.17, 15) is 9.59 Å². The zero-order valence-corrected chi connectivity index (χ0v) is 11.0. The molecule has 0 saturated heterocycles. The van der Waals surface area contributed by atoms with Crippen molar-refractivity contribution in [2.45, 2.75) is 58.9 Å². The number of hydrogen-bond donors (Lipinski definition) is 2. The molecule has 1 aliphatic rings. The monoisotopic (exact) mass is 241 g/mol. The Kier molecular flexibility index (Phi) is 4.54. The van der Waals surface area contributed by atoms with Gasteiger partial charge in [-0.25, -0.2) is 0 Å². The van der Waals surface area contributed by atoms with E-state index in [1.807, 2.05) is 20.8 Å². The third-order valence-electron chi connectivity index (χ3n) is 3.08.